The molecule has 150 valence electrons. The molecule has 1 unspecified atom stereocenters. The van der Waals surface area contributed by atoms with Crippen LogP contribution in [0.5, 0.6) is 0 Å². The summed E-state index contributed by atoms with van der Waals surface area (Å²) in [5, 5.41) is 0. The molecule has 0 saturated heterocycles. The van der Waals surface area contributed by atoms with E-state index in [1.807, 2.05) is 0 Å². The van der Waals surface area contributed by atoms with Crippen molar-refractivity contribution in [3.8, 4) is 11.1 Å². The number of rotatable bonds is 6. The molecule has 0 aromatic heterocycles. The molecule has 1 rings (SSSR count). The first-order valence-electron chi connectivity index (χ1n) is 10.6. The van der Waals surface area contributed by atoms with Crippen molar-refractivity contribution in [2.75, 3.05) is 0 Å². The molecule has 0 fully saturated rings. The van der Waals surface area contributed by atoms with Crippen LogP contribution in [0.3, 0.4) is 0 Å². The first-order valence-corrected chi connectivity index (χ1v) is 31.0. The van der Waals surface area contributed by atoms with Gasteiger partial charge in [-0.3, -0.25) is 0 Å². The summed E-state index contributed by atoms with van der Waals surface area (Å²) in [5.74, 6) is 0. The molecule has 1 atom stereocenters. The van der Waals surface area contributed by atoms with Crippen LogP contribution in [-0.4, -0.2) is 46.5 Å². The molecule has 0 N–H and O–H groups in total. The lowest BCUT2D eigenvalue weighted by molar-refractivity contribution is 1.39. The van der Waals surface area contributed by atoms with Gasteiger partial charge in [-0.2, -0.15) is 0 Å². The van der Waals surface area contributed by atoms with Gasteiger partial charge in [-0.15, -0.1) is 11.1 Å². The Hall–Kier alpha value is 0.601. The van der Waals surface area contributed by atoms with Crippen molar-refractivity contribution in [1.82, 2.24) is 0 Å². The molecule has 1 aliphatic heterocycles. The Morgan fingerprint density at radius 1 is 0.654 bits per heavy atom. The van der Waals surface area contributed by atoms with Crippen molar-refractivity contribution >= 4 is 46.5 Å². The third-order valence-corrected chi connectivity index (χ3v) is 56.9. The van der Waals surface area contributed by atoms with Crippen LogP contribution in [0.25, 0.3) is 0 Å². The van der Waals surface area contributed by atoms with E-state index in [0.717, 1.165) is 0 Å². The van der Waals surface area contributed by atoms with Gasteiger partial charge in [0.2, 0.25) is 0 Å². The Balaban J connectivity index is 3.87. The van der Waals surface area contributed by atoms with Gasteiger partial charge in [-0.05, 0) is 0 Å². The van der Waals surface area contributed by atoms with E-state index < -0.39 is 46.5 Å². The van der Waals surface area contributed by atoms with E-state index in [0.29, 0.717) is 0 Å². The van der Waals surface area contributed by atoms with Crippen molar-refractivity contribution in [2.24, 2.45) is 0 Å². The van der Waals surface area contributed by atoms with Crippen LogP contribution in [0.2, 0.25) is 90.7 Å². The standard InChI is InChI=1S/C20H46Si6/c1-15-25(24(12,13)14,18-17-21(3,4)5)26(16-2)19(22(6,7)8)20(26)23(9,10)11/h15-16H2,1-14H3. The molecular formula is C20H46Si6. The van der Waals surface area contributed by atoms with E-state index in [1.165, 1.54) is 12.1 Å². The minimum atomic E-state index is -1.60. The van der Waals surface area contributed by atoms with Crippen molar-refractivity contribution in [3.05, 3.63) is 9.64 Å². The summed E-state index contributed by atoms with van der Waals surface area (Å²) in [6.07, 6.45) is 0. The third kappa shape index (κ3) is 4.13. The van der Waals surface area contributed by atoms with E-state index >= 15 is 0 Å². The lowest BCUT2D eigenvalue weighted by Crippen LogP contribution is -2.72. The highest BCUT2D eigenvalue weighted by Crippen LogP contribution is 2.60. The second kappa shape index (κ2) is 7.13. The smallest absolute Gasteiger partial charge is 0.129 e. The highest BCUT2D eigenvalue weighted by atomic mass is 29.6. The number of hydrogen-bond donors (Lipinski definition) is 0. The molecule has 1 aliphatic rings. The molecule has 0 amide bonds. The van der Waals surface area contributed by atoms with Gasteiger partial charge in [-0.25, -0.2) is 0 Å². The SMILES string of the molecule is CC[Si]1([Si](C#C[Si](C)(C)C)(CC)[Si](C)(C)C)C([Si](C)(C)C)=C1[Si](C)(C)C. The summed E-state index contributed by atoms with van der Waals surface area (Å²) >= 11 is 0. The van der Waals surface area contributed by atoms with E-state index in [9.17, 15) is 0 Å². The Kier molecular flexibility index (Phi) is 6.76. The summed E-state index contributed by atoms with van der Waals surface area (Å²) in [4.78, 5) is 4.26. The largest absolute Gasteiger partial charge is 0.144 e. The highest BCUT2D eigenvalue weighted by Gasteiger charge is 2.73. The van der Waals surface area contributed by atoms with Crippen LogP contribution in [0.15, 0.2) is 9.64 Å². The van der Waals surface area contributed by atoms with Crippen LogP contribution in [-0.2, 0) is 0 Å². The first-order chi connectivity index (χ1) is 11.3. The van der Waals surface area contributed by atoms with Crippen molar-refractivity contribution in [2.45, 2.75) is 104 Å². The maximum Gasteiger partial charge on any atom is 0.129 e. The van der Waals surface area contributed by atoms with E-state index in [2.05, 4.69) is 113 Å². The van der Waals surface area contributed by atoms with Crippen LogP contribution >= 0.6 is 0 Å². The van der Waals surface area contributed by atoms with Crippen LogP contribution in [0.4, 0.5) is 0 Å². The summed E-state index contributed by atoms with van der Waals surface area (Å²) in [6, 6.07) is 2.89. The van der Waals surface area contributed by atoms with Gasteiger partial charge in [0.15, 0.2) is 0 Å². The summed E-state index contributed by atoms with van der Waals surface area (Å²) in [5.41, 5.74) is 8.27. The Bertz CT molecular complexity index is 613. The van der Waals surface area contributed by atoms with E-state index in [-0.39, 0.29) is 0 Å². The second-order valence-electron chi connectivity index (χ2n) is 12.5. The molecule has 0 aromatic carbocycles. The molecule has 6 heteroatoms. The molecule has 0 bridgehead atoms. The monoisotopic (exact) mass is 454 g/mol. The first kappa shape index (κ1) is 24.6. The Morgan fingerprint density at radius 3 is 1.23 bits per heavy atom. The predicted molar refractivity (Wildman–Crippen MR) is 141 cm³/mol. The summed E-state index contributed by atoms with van der Waals surface area (Å²) < 4.78 is 0. The third-order valence-electron chi connectivity index (χ3n) is 6.26. The molecular weight excluding hydrogens is 409 g/mol. The molecule has 0 radical (unpaired) electrons. The maximum atomic E-state index is 4.30. The average molecular weight is 455 g/mol. The molecule has 0 nitrogen and oxygen atoms in total. The zero-order valence-corrected chi connectivity index (χ0v) is 26.4. The molecule has 0 saturated carbocycles. The molecule has 1 heterocycles. The minimum absolute atomic E-state index is 1.26. The molecule has 0 spiro atoms. The van der Waals surface area contributed by atoms with Crippen LogP contribution in [0.1, 0.15) is 13.8 Å². The molecule has 0 aromatic rings. The van der Waals surface area contributed by atoms with Crippen LogP contribution < -0.4 is 0 Å². The van der Waals surface area contributed by atoms with Gasteiger partial charge in [-0.1, -0.05) is 114 Å². The van der Waals surface area contributed by atoms with Gasteiger partial charge in [0.25, 0.3) is 0 Å². The van der Waals surface area contributed by atoms with Crippen LogP contribution in [0, 0.1) is 11.1 Å². The van der Waals surface area contributed by atoms with E-state index in [4.69, 9.17) is 0 Å². The Labute approximate surface area is 171 Å². The molecule has 26 heavy (non-hydrogen) atoms. The number of hydrogen-bond acceptors (Lipinski definition) is 0. The van der Waals surface area contributed by atoms with Crippen molar-refractivity contribution < 1.29 is 0 Å². The quantitative estimate of drug-likeness (QED) is 0.300. The fourth-order valence-electron chi connectivity index (χ4n) is 5.58. The fourth-order valence-corrected chi connectivity index (χ4v) is 80.2. The lowest BCUT2D eigenvalue weighted by atomic mass is 11.0. The van der Waals surface area contributed by atoms with Crippen molar-refractivity contribution in [1.29, 1.82) is 0 Å². The average Bonchev–Trinajstić information content (AvgIpc) is 3.08. The Morgan fingerprint density at radius 2 is 1.04 bits per heavy atom. The minimum Gasteiger partial charge on any atom is -0.144 e. The lowest BCUT2D eigenvalue weighted by Gasteiger charge is -2.47. The zero-order valence-electron chi connectivity index (χ0n) is 20.4. The van der Waals surface area contributed by atoms with Gasteiger partial charge in [0.1, 0.15) is 22.8 Å². The summed E-state index contributed by atoms with van der Waals surface area (Å²) in [6.45, 7) is 36.3. The van der Waals surface area contributed by atoms with Gasteiger partial charge in [0, 0.05) is 0 Å². The summed E-state index contributed by atoms with van der Waals surface area (Å²) in [7, 11) is -8.23. The highest BCUT2D eigenvalue weighted by molar-refractivity contribution is 7.80. The van der Waals surface area contributed by atoms with Gasteiger partial charge < -0.3 is 0 Å². The van der Waals surface area contributed by atoms with E-state index in [1.54, 1.807) is 0 Å². The normalized spacial score (nSPS) is 20.4. The van der Waals surface area contributed by atoms with Crippen molar-refractivity contribution in [3.63, 3.8) is 0 Å². The predicted octanol–water partition coefficient (Wildman–Crippen LogP) is 6.98. The fraction of sp³-hybridized carbons (Fsp3) is 0.800. The van der Waals surface area contributed by atoms with Gasteiger partial charge in [0.05, 0.1) is 23.7 Å². The molecule has 0 aliphatic carbocycles. The van der Waals surface area contributed by atoms with Gasteiger partial charge >= 0.3 is 0 Å². The second-order valence-corrected chi connectivity index (χ2v) is 52.7. The maximum absolute atomic E-state index is 4.30. The topological polar surface area (TPSA) is 0 Å². The zero-order chi connectivity index (χ0) is 21.0.